The predicted octanol–water partition coefficient (Wildman–Crippen LogP) is 2.96. The SMILES string of the molecule is Cc1nc(CN2CC[C@@H](c3ccccc3)C2)n(-c2ccccn2)n1. The van der Waals surface area contributed by atoms with Gasteiger partial charge in [-0.15, -0.1) is 5.10 Å². The highest BCUT2D eigenvalue weighted by Crippen LogP contribution is 2.27. The first-order valence-corrected chi connectivity index (χ1v) is 8.41. The summed E-state index contributed by atoms with van der Waals surface area (Å²) >= 11 is 0. The third-order valence-electron chi connectivity index (χ3n) is 4.55. The van der Waals surface area contributed by atoms with Crippen molar-refractivity contribution in [2.24, 2.45) is 0 Å². The van der Waals surface area contributed by atoms with Crippen LogP contribution in [0, 0.1) is 6.92 Å². The molecule has 5 nitrogen and oxygen atoms in total. The zero-order chi connectivity index (χ0) is 16.4. The lowest BCUT2D eigenvalue weighted by Crippen LogP contribution is -2.22. The fourth-order valence-electron chi connectivity index (χ4n) is 3.40. The molecule has 4 rings (SSSR count). The van der Waals surface area contributed by atoms with Crippen LogP contribution in [0.5, 0.6) is 0 Å². The van der Waals surface area contributed by atoms with E-state index in [0.717, 1.165) is 37.1 Å². The van der Waals surface area contributed by atoms with Gasteiger partial charge in [0, 0.05) is 12.7 Å². The van der Waals surface area contributed by atoms with E-state index in [1.54, 1.807) is 6.20 Å². The summed E-state index contributed by atoms with van der Waals surface area (Å²) in [5, 5.41) is 4.52. The number of rotatable bonds is 4. The maximum atomic E-state index is 4.62. The number of pyridine rings is 1. The Kier molecular flexibility index (Phi) is 4.09. The minimum absolute atomic E-state index is 0.610. The van der Waals surface area contributed by atoms with Crippen LogP contribution in [0.15, 0.2) is 54.7 Å². The zero-order valence-electron chi connectivity index (χ0n) is 13.8. The van der Waals surface area contributed by atoms with E-state index in [1.165, 1.54) is 12.0 Å². The second kappa shape index (κ2) is 6.53. The Morgan fingerprint density at radius 2 is 1.92 bits per heavy atom. The number of hydrogen-bond donors (Lipinski definition) is 0. The van der Waals surface area contributed by atoms with E-state index in [9.17, 15) is 0 Å². The van der Waals surface area contributed by atoms with Crippen molar-refractivity contribution in [2.45, 2.75) is 25.8 Å². The quantitative estimate of drug-likeness (QED) is 0.742. The topological polar surface area (TPSA) is 46.8 Å². The maximum Gasteiger partial charge on any atom is 0.155 e. The molecule has 0 N–H and O–H groups in total. The molecule has 3 heterocycles. The molecule has 1 aliphatic heterocycles. The second-order valence-electron chi connectivity index (χ2n) is 6.31. The van der Waals surface area contributed by atoms with Gasteiger partial charge in [-0.3, -0.25) is 4.90 Å². The molecule has 0 unspecified atom stereocenters. The normalized spacial score (nSPS) is 18.1. The van der Waals surface area contributed by atoms with Gasteiger partial charge in [0.05, 0.1) is 6.54 Å². The molecular formula is C19H21N5. The molecule has 0 radical (unpaired) electrons. The fourth-order valence-corrected chi connectivity index (χ4v) is 3.40. The molecule has 5 heteroatoms. The number of aryl methyl sites for hydroxylation is 1. The van der Waals surface area contributed by atoms with E-state index in [0.29, 0.717) is 5.92 Å². The fraction of sp³-hybridized carbons (Fsp3) is 0.316. The first-order valence-electron chi connectivity index (χ1n) is 8.41. The van der Waals surface area contributed by atoms with Crippen molar-refractivity contribution in [2.75, 3.05) is 13.1 Å². The molecule has 2 aromatic heterocycles. The van der Waals surface area contributed by atoms with Gasteiger partial charge >= 0.3 is 0 Å². The molecule has 1 fully saturated rings. The summed E-state index contributed by atoms with van der Waals surface area (Å²) in [7, 11) is 0. The van der Waals surface area contributed by atoms with Gasteiger partial charge in [0.1, 0.15) is 11.6 Å². The third kappa shape index (κ3) is 3.08. The van der Waals surface area contributed by atoms with Gasteiger partial charge in [-0.2, -0.15) is 4.68 Å². The van der Waals surface area contributed by atoms with Crippen LogP contribution in [-0.2, 0) is 6.54 Å². The summed E-state index contributed by atoms with van der Waals surface area (Å²) in [4.78, 5) is 11.5. The third-order valence-corrected chi connectivity index (χ3v) is 4.55. The van der Waals surface area contributed by atoms with E-state index in [2.05, 4.69) is 50.3 Å². The first kappa shape index (κ1) is 15.0. The van der Waals surface area contributed by atoms with Crippen LogP contribution in [0.3, 0.4) is 0 Å². The van der Waals surface area contributed by atoms with Gasteiger partial charge in [-0.1, -0.05) is 36.4 Å². The highest BCUT2D eigenvalue weighted by atomic mass is 15.4. The van der Waals surface area contributed by atoms with E-state index < -0.39 is 0 Å². The molecule has 0 saturated carbocycles. The molecule has 24 heavy (non-hydrogen) atoms. The van der Waals surface area contributed by atoms with Crippen molar-refractivity contribution in [3.8, 4) is 5.82 Å². The first-order chi connectivity index (χ1) is 11.8. The largest absolute Gasteiger partial charge is 0.295 e. The summed E-state index contributed by atoms with van der Waals surface area (Å²) in [6.07, 6.45) is 2.98. The van der Waals surface area contributed by atoms with Crippen LogP contribution in [0.25, 0.3) is 5.82 Å². The van der Waals surface area contributed by atoms with Crippen LogP contribution >= 0.6 is 0 Å². The van der Waals surface area contributed by atoms with Crippen LogP contribution in [0.1, 0.15) is 29.6 Å². The number of nitrogens with zero attached hydrogens (tertiary/aromatic N) is 5. The predicted molar refractivity (Wildman–Crippen MR) is 93.0 cm³/mol. The Morgan fingerprint density at radius 1 is 1.08 bits per heavy atom. The molecule has 0 aliphatic carbocycles. The molecular weight excluding hydrogens is 298 g/mol. The van der Waals surface area contributed by atoms with Crippen molar-refractivity contribution in [3.63, 3.8) is 0 Å². The van der Waals surface area contributed by atoms with Gasteiger partial charge in [-0.25, -0.2) is 9.97 Å². The second-order valence-corrected chi connectivity index (χ2v) is 6.31. The van der Waals surface area contributed by atoms with Crippen LogP contribution in [0.4, 0.5) is 0 Å². The van der Waals surface area contributed by atoms with Crippen molar-refractivity contribution < 1.29 is 0 Å². The average molecular weight is 319 g/mol. The molecule has 1 aromatic carbocycles. The molecule has 1 saturated heterocycles. The molecule has 0 spiro atoms. The summed E-state index contributed by atoms with van der Waals surface area (Å²) < 4.78 is 1.87. The van der Waals surface area contributed by atoms with Crippen molar-refractivity contribution in [1.82, 2.24) is 24.6 Å². The van der Waals surface area contributed by atoms with Crippen LogP contribution in [0.2, 0.25) is 0 Å². The van der Waals surface area contributed by atoms with Crippen molar-refractivity contribution >= 4 is 0 Å². The minimum atomic E-state index is 0.610. The molecule has 122 valence electrons. The standard InChI is InChI=1S/C19H21N5/c1-15-21-19(24(22-15)18-9-5-6-11-20-18)14-23-12-10-17(13-23)16-7-3-2-4-8-16/h2-9,11,17H,10,12-14H2,1H3/t17-/m1/s1. The van der Waals surface area contributed by atoms with Gasteiger partial charge in [0.15, 0.2) is 5.82 Å². The van der Waals surface area contributed by atoms with Gasteiger partial charge in [-0.05, 0) is 43.5 Å². The zero-order valence-corrected chi connectivity index (χ0v) is 13.8. The van der Waals surface area contributed by atoms with Crippen molar-refractivity contribution in [1.29, 1.82) is 0 Å². The highest BCUT2D eigenvalue weighted by Gasteiger charge is 2.25. The van der Waals surface area contributed by atoms with Crippen molar-refractivity contribution in [3.05, 3.63) is 71.9 Å². The number of likely N-dealkylation sites (tertiary alicyclic amines) is 1. The van der Waals surface area contributed by atoms with Gasteiger partial charge < -0.3 is 0 Å². The summed E-state index contributed by atoms with van der Waals surface area (Å²) in [6.45, 7) is 4.90. The average Bonchev–Trinajstić information content (AvgIpc) is 3.23. The molecule has 0 bridgehead atoms. The Hall–Kier alpha value is -2.53. The lowest BCUT2D eigenvalue weighted by atomic mass is 9.99. The summed E-state index contributed by atoms with van der Waals surface area (Å²) in [5.41, 5.74) is 1.43. The number of hydrogen-bond acceptors (Lipinski definition) is 4. The monoisotopic (exact) mass is 319 g/mol. The lowest BCUT2D eigenvalue weighted by Gasteiger charge is -2.16. The Balaban J connectivity index is 1.51. The van der Waals surface area contributed by atoms with Gasteiger partial charge in [0.25, 0.3) is 0 Å². The van der Waals surface area contributed by atoms with Crippen LogP contribution < -0.4 is 0 Å². The smallest absolute Gasteiger partial charge is 0.155 e. The summed E-state index contributed by atoms with van der Waals surface area (Å²) in [5.74, 6) is 3.18. The van der Waals surface area contributed by atoms with E-state index in [1.807, 2.05) is 29.8 Å². The number of aromatic nitrogens is 4. The summed E-state index contributed by atoms with van der Waals surface area (Å²) in [6, 6.07) is 16.6. The highest BCUT2D eigenvalue weighted by molar-refractivity contribution is 5.23. The maximum absolute atomic E-state index is 4.62. The molecule has 1 aliphatic rings. The number of benzene rings is 1. The minimum Gasteiger partial charge on any atom is -0.295 e. The molecule has 3 aromatic rings. The van der Waals surface area contributed by atoms with Crippen LogP contribution in [-0.4, -0.2) is 37.7 Å². The Labute approximate surface area is 142 Å². The molecule has 0 amide bonds. The Morgan fingerprint density at radius 3 is 2.71 bits per heavy atom. The van der Waals surface area contributed by atoms with Gasteiger partial charge in [0.2, 0.25) is 0 Å². The van der Waals surface area contributed by atoms with E-state index in [4.69, 9.17) is 0 Å². The molecule has 1 atom stereocenters. The van der Waals surface area contributed by atoms with E-state index >= 15 is 0 Å². The van der Waals surface area contributed by atoms with E-state index in [-0.39, 0.29) is 0 Å². The lowest BCUT2D eigenvalue weighted by molar-refractivity contribution is 0.315. The Bertz CT molecular complexity index is 797.